The fraction of sp³-hybridized carbons (Fsp3) is 0.625. The molecule has 0 unspecified atom stereocenters. The molecule has 1 N–H and O–H groups in total. The van der Waals surface area contributed by atoms with E-state index in [1.54, 1.807) is 0 Å². The van der Waals surface area contributed by atoms with Crippen LogP contribution in [-0.4, -0.2) is 50.1 Å². The molecular weight excluding hydrogens is 314 g/mol. The normalized spacial score (nSPS) is 17.9. The summed E-state index contributed by atoms with van der Waals surface area (Å²) in [5.41, 5.74) is 2.72. The Hall–Kier alpha value is -0.420. The van der Waals surface area contributed by atoms with Crippen molar-refractivity contribution < 1.29 is 0 Å². The first-order valence-electron chi connectivity index (χ1n) is 7.41. The van der Waals surface area contributed by atoms with Crippen LogP contribution in [0.1, 0.15) is 24.0 Å². The summed E-state index contributed by atoms with van der Waals surface area (Å²) in [5, 5.41) is 3.19. The van der Waals surface area contributed by atoms with E-state index in [1.807, 2.05) is 7.05 Å². The smallest absolute Gasteiger partial charge is 0.0244 e. The molecule has 0 aliphatic carbocycles. The summed E-state index contributed by atoms with van der Waals surface area (Å²) >= 11 is 3.72. The van der Waals surface area contributed by atoms with Gasteiger partial charge in [-0.05, 0) is 64.3 Å². The second kappa shape index (κ2) is 7.55. The Morgan fingerprint density at radius 3 is 2.55 bits per heavy atom. The zero-order chi connectivity index (χ0) is 14.5. The highest BCUT2D eigenvalue weighted by Crippen LogP contribution is 2.23. The Morgan fingerprint density at radius 1 is 1.30 bits per heavy atom. The van der Waals surface area contributed by atoms with Gasteiger partial charge in [0.25, 0.3) is 0 Å². The second-order valence-corrected chi connectivity index (χ2v) is 6.78. The van der Waals surface area contributed by atoms with Crippen LogP contribution in [0.4, 0.5) is 0 Å². The molecule has 3 nitrogen and oxygen atoms in total. The van der Waals surface area contributed by atoms with Crippen LogP contribution in [-0.2, 0) is 13.1 Å². The topological polar surface area (TPSA) is 18.5 Å². The lowest BCUT2D eigenvalue weighted by Crippen LogP contribution is -2.41. The van der Waals surface area contributed by atoms with Crippen LogP contribution < -0.4 is 5.32 Å². The summed E-state index contributed by atoms with van der Waals surface area (Å²) in [6.45, 7) is 4.38. The molecule has 1 aromatic rings. The molecule has 0 atom stereocenters. The molecule has 1 fully saturated rings. The average Bonchev–Trinajstić information content (AvgIpc) is 2.43. The number of halogens is 1. The Bertz CT molecular complexity index is 426. The second-order valence-electron chi connectivity index (χ2n) is 5.93. The molecule has 0 amide bonds. The van der Waals surface area contributed by atoms with Crippen LogP contribution in [0.2, 0.25) is 0 Å². The quantitative estimate of drug-likeness (QED) is 0.889. The summed E-state index contributed by atoms with van der Waals surface area (Å²) < 4.78 is 1.24. The van der Waals surface area contributed by atoms with Crippen molar-refractivity contribution in [3.8, 4) is 0 Å². The van der Waals surface area contributed by atoms with Crippen molar-refractivity contribution in [2.75, 3.05) is 34.2 Å². The van der Waals surface area contributed by atoms with E-state index in [4.69, 9.17) is 0 Å². The van der Waals surface area contributed by atoms with Crippen LogP contribution in [0.5, 0.6) is 0 Å². The number of hydrogen-bond donors (Lipinski definition) is 1. The summed E-state index contributed by atoms with van der Waals surface area (Å²) in [4.78, 5) is 4.93. The summed E-state index contributed by atoms with van der Waals surface area (Å²) in [6.07, 6.45) is 2.56. The number of piperidine rings is 1. The maximum absolute atomic E-state index is 3.72. The minimum Gasteiger partial charge on any atom is -0.316 e. The summed E-state index contributed by atoms with van der Waals surface area (Å²) in [5.74, 6) is 0. The highest BCUT2D eigenvalue weighted by atomic mass is 79.9. The van der Waals surface area contributed by atoms with Gasteiger partial charge in [0.1, 0.15) is 0 Å². The Kier molecular flexibility index (Phi) is 6.02. The highest BCUT2D eigenvalue weighted by Gasteiger charge is 2.20. The van der Waals surface area contributed by atoms with Gasteiger partial charge in [-0.25, -0.2) is 0 Å². The molecule has 1 aliphatic rings. The first-order valence-corrected chi connectivity index (χ1v) is 8.20. The van der Waals surface area contributed by atoms with Crippen molar-refractivity contribution in [2.45, 2.75) is 32.0 Å². The average molecular weight is 340 g/mol. The Morgan fingerprint density at radius 2 is 2.00 bits per heavy atom. The summed E-state index contributed by atoms with van der Waals surface area (Å²) in [7, 11) is 6.37. The van der Waals surface area contributed by atoms with Gasteiger partial charge in [0.05, 0.1) is 0 Å². The number of nitrogens with one attached hydrogen (secondary N) is 1. The fourth-order valence-corrected chi connectivity index (χ4v) is 3.42. The Balaban J connectivity index is 1.91. The van der Waals surface area contributed by atoms with Crippen LogP contribution in [0.15, 0.2) is 22.7 Å². The molecule has 0 saturated carbocycles. The van der Waals surface area contributed by atoms with Crippen molar-refractivity contribution >= 4 is 15.9 Å². The number of rotatable bonds is 5. The molecule has 1 aliphatic heterocycles. The molecule has 0 spiro atoms. The molecule has 0 bridgehead atoms. The molecule has 1 aromatic carbocycles. The number of benzene rings is 1. The van der Waals surface area contributed by atoms with Crippen molar-refractivity contribution in [2.24, 2.45) is 0 Å². The van der Waals surface area contributed by atoms with Gasteiger partial charge in [-0.2, -0.15) is 0 Å². The lowest BCUT2D eigenvalue weighted by atomic mass is 10.0. The van der Waals surface area contributed by atoms with Crippen LogP contribution in [0, 0.1) is 0 Å². The molecule has 20 heavy (non-hydrogen) atoms. The number of nitrogens with zero attached hydrogens (tertiary/aromatic N) is 2. The lowest BCUT2D eigenvalue weighted by molar-refractivity contribution is 0.140. The maximum atomic E-state index is 3.72. The maximum Gasteiger partial charge on any atom is 0.0244 e. The molecule has 1 heterocycles. The first-order chi connectivity index (χ1) is 9.60. The van der Waals surface area contributed by atoms with Gasteiger partial charge < -0.3 is 10.2 Å². The standard InChI is InChI=1S/C16H26BrN3/c1-18-11-13-4-5-14(16(17)10-13)12-20-8-6-15(7-9-20)19(2)3/h4-5,10,15,18H,6-9,11-12H2,1-3H3. The third-order valence-corrected chi connectivity index (χ3v) is 4.92. The lowest BCUT2D eigenvalue weighted by Gasteiger charge is -2.35. The van der Waals surface area contributed by atoms with Gasteiger partial charge in [-0.1, -0.05) is 28.1 Å². The minimum atomic E-state index is 0.757. The molecule has 1 saturated heterocycles. The predicted molar refractivity (Wildman–Crippen MR) is 88.9 cm³/mol. The summed E-state index contributed by atoms with van der Waals surface area (Å²) in [6, 6.07) is 7.48. The largest absolute Gasteiger partial charge is 0.316 e. The fourth-order valence-electron chi connectivity index (χ4n) is 2.87. The van der Waals surface area contributed by atoms with E-state index in [-0.39, 0.29) is 0 Å². The third-order valence-electron chi connectivity index (χ3n) is 4.18. The van der Waals surface area contributed by atoms with E-state index < -0.39 is 0 Å². The van der Waals surface area contributed by atoms with Crippen LogP contribution in [0.3, 0.4) is 0 Å². The molecule has 112 valence electrons. The van der Waals surface area contributed by atoms with Gasteiger partial charge in [-0.15, -0.1) is 0 Å². The zero-order valence-electron chi connectivity index (χ0n) is 12.8. The van der Waals surface area contributed by atoms with Crippen LogP contribution in [0.25, 0.3) is 0 Å². The first kappa shape index (κ1) is 16.0. The van der Waals surface area contributed by atoms with Crippen molar-refractivity contribution in [3.63, 3.8) is 0 Å². The van der Waals surface area contributed by atoms with Gasteiger partial charge in [0, 0.05) is 23.6 Å². The van der Waals surface area contributed by atoms with E-state index in [0.29, 0.717) is 0 Å². The van der Waals surface area contributed by atoms with Crippen molar-refractivity contribution in [1.82, 2.24) is 15.1 Å². The number of hydrogen-bond acceptors (Lipinski definition) is 3. The van der Waals surface area contributed by atoms with Crippen LogP contribution >= 0.6 is 15.9 Å². The Labute approximate surface area is 131 Å². The predicted octanol–water partition coefficient (Wildman–Crippen LogP) is 2.69. The van der Waals surface area contributed by atoms with Crippen molar-refractivity contribution in [1.29, 1.82) is 0 Å². The van der Waals surface area contributed by atoms with E-state index in [1.165, 1.54) is 41.5 Å². The molecular formula is C16H26BrN3. The van der Waals surface area contributed by atoms with Gasteiger partial charge in [0.2, 0.25) is 0 Å². The van der Waals surface area contributed by atoms with E-state index in [9.17, 15) is 0 Å². The monoisotopic (exact) mass is 339 g/mol. The highest BCUT2D eigenvalue weighted by molar-refractivity contribution is 9.10. The van der Waals surface area contributed by atoms with E-state index >= 15 is 0 Å². The minimum absolute atomic E-state index is 0.757. The SMILES string of the molecule is CNCc1ccc(CN2CCC(N(C)C)CC2)c(Br)c1. The molecule has 4 heteroatoms. The van der Waals surface area contributed by atoms with E-state index in [0.717, 1.165) is 19.1 Å². The number of likely N-dealkylation sites (tertiary alicyclic amines) is 1. The van der Waals surface area contributed by atoms with Gasteiger partial charge in [0.15, 0.2) is 0 Å². The molecule has 0 aromatic heterocycles. The zero-order valence-corrected chi connectivity index (χ0v) is 14.4. The van der Waals surface area contributed by atoms with E-state index in [2.05, 4.69) is 63.3 Å². The van der Waals surface area contributed by atoms with Gasteiger partial charge >= 0.3 is 0 Å². The molecule has 0 radical (unpaired) electrons. The van der Waals surface area contributed by atoms with Crippen molar-refractivity contribution in [3.05, 3.63) is 33.8 Å². The third kappa shape index (κ3) is 4.29. The molecule has 2 rings (SSSR count). The van der Waals surface area contributed by atoms with Gasteiger partial charge in [-0.3, -0.25) is 4.90 Å².